The minimum atomic E-state index is -0.264. The predicted octanol–water partition coefficient (Wildman–Crippen LogP) is 3.51. The van der Waals surface area contributed by atoms with E-state index < -0.39 is 0 Å². The Morgan fingerprint density at radius 1 is 0.786 bits per heavy atom. The molecule has 0 aliphatic carbocycles. The van der Waals surface area contributed by atoms with Crippen LogP contribution in [0.25, 0.3) is 0 Å². The van der Waals surface area contributed by atoms with E-state index in [1.54, 1.807) is 50.2 Å². The number of carbonyl (C=O) groups excluding carboxylic acids is 2. The number of pyridine rings is 1. The highest BCUT2D eigenvalue weighted by Gasteiger charge is 2.09. The molecule has 142 valence electrons. The molecule has 7 nitrogen and oxygen atoms in total. The smallest absolute Gasteiger partial charge is 0.266 e. The van der Waals surface area contributed by atoms with Gasteiger partial charge in [0.05, 0.1) is 32.6 Å². The number of amides is 2. The van der Waals surface area contributed by atoms with Gasteiger partial charge in [0.2, 0.25) is 0 Å². The number of aromatic nitrogens is 1. The Kier molecular flexibility index (Phi) is 6.41. The van der Waals surface area contributed by atoms with Crippen LogP contribution in [0.1, 0.15) is 44.6 Å². The average Bonchev–Trinajstić information content (AvgIpc) is 3.43. The van der Waals surface area contributed by atoms with E-state index in [4.69, 9.17) is 0 Å². The molecule has 0 aliphatic rings. The zero-order chi connectivity index (χ0) is 19.9. The minimum absolute atomic E-state index is 0.264. The standard InChI is InChI=1S/C19H17N5O2S2/c1-12(21-23-18(25)16-8-4-10-27-16)14-6-3-7-15(20-14)13(2)22-24-19(26)17-9-5-11-28-17/h3-11H,1-2H3,(H,23,25)(H,24,26)/b21-12+,22-13+. The summed E-state index contributed by atoms with van der Waals surface area (Å²) in [5.41, 5.74) is 7.36. The van der Waals surface area contributed by atoms with Crippen LogP contribution in [-0.4, -0.2) is 28.2 Å². The Hall–Kier alpha value is -3.17. The monoisotopic (exact) mass is 411 g/mol. The number of thiophene rings is 2. The van der Waals surface area contributed by atoms with Crippen molar-refractivity contribution in [2.45, 2.75) is 13.8 Å². The van der Waals surface area contributed by atoms with Crippen LogP contribution in [0, 0.1) is 0 Å². The van der Waals surface area contributed by atoms with E-state index in [2.05, 4.69) is 26.0 Å². The predicted molar refractivity (Wildman–Crippen MR) is 112 cm³/mol. The molecule has 0 radical (unpaired) electrons. The fraction of sp³-hybridized carbons (Fsp3) is 0.105. The normalized spacial score (nSPS) is 11.9. The summed E-state index contributed by atoms with van der Waals surface area (Å²) in [4.78, 5) is 29.6. The van der Waals surface area contributed by atoms with Gasteiger partial charge in [-0.25, -0.2) is 15.8 Å². The van der Waals surface area contributed by atoms with Crippen molar-refractivity contribution in [1.82, 2.24) is 15.8 Å². The van der Waals surface area contributed by atoms with Crippen molar-refractivity contribution in [3.8, 4) is 0 Å². The summed E-state index contributed by atoms with van der Waals surface area (Å²) in [5, 5.41) is 11.9. The summed E-state index contributed by atoms with van der Waals surface area (Å²) < 4.78 is 0. The second-order valence-electron chi connectivity index (χ2n) is 5.64. The molecule has 2 amide bonds. The molecule has 0 fully saturated rings. The Bertz CT molecular complexity index is 945. The van der Waals surface area contributed by atoms with Crippen molar-refractivity contribution in [3.63, 3.8) is 0 Å². The van der Waals surface area contributed by atoms with E-state index in [1.807, 2.05) is 16.8 Å². The first-order valence-corrected chi connectivity index (χ1v) is 10.0. The van der Waals surface area contributed by atoms with E-state index >= 15 is 0 Å². The molecule has 0 aliphatic heterocycles. The zero-order valence-electron chi connectivity index (χ0n) is 15.2. The van der Waals surface area contributed by atoms with Gasteiger partial charge >= 0.3 is 0 Å². The minimum Gasteiger partial charge on any atom is -0.266 e. The molecule has 28 heavy (non-hydrogen) atoms. The van der Waals surface area contributed by atoms with Crippen molar-refractivity contribution in [2.75, 3.05) is 0 Å². The average molecular weight is 412 g/mol. The summed E-state index contributed by atoms with van der Waals surface area (Å²) >= 11 is 2.69. The van der Waals surface area contributed by atoms with Gasteiger partial charge in [-0.2, -0.15) is 10.2 Å². The summed E-state index contributed by atoms with van der Waals surface area (Å²) in [6, 6.07) is 12.5. The van der Waals surface area contributed by atoms with Crippen LogP contribution in [0.4, 0.5) is 0 Å². The molecule has 0 bridgehead atoms. The topological polar surface area (TPSA) is 95.8 Å². The maximum atomic E-state index is 12.0. The van der Waals surface area contributed by atoms with Crippen molar-refractivity contribution in [2.24, 2.45) is 10.2 Å². The summed E-state index contributed by atoms with van der Waals surface area (Å²) in [5.74, 6) is -0.529. The van der Waals surface area contributed by atoms with Gasteiger partial charge in [-0.15, -0.1) is 22.7 Å². The maximum Gasteiger partial charge on any atom is 0.281 e. The molecular formula is C19H17N5O2S2. The Labute approximate surface area is 169 Å². The fourth-order valence-corrected chi connectivity index (χ4v) is 3.37. The van der Waals surface area contributed by atoms with Crippen LogP contribution in [0.3, 0.4) is 0 Å². The Morgan fingerprint density at radius 3 is 1.64 bits per heavy atom. The lowest BCUT2D eigenvalue weighted by Crippen LogP contribution is -2.19. The molecule has 2 N–H and O–H groups in total. The van der Waals surface area contributed by atoms with Crippen molar-refractivity contribution >= 4 is 45.9 Å². The van der Waals surface area contributed by atoms with E-state index in [-0.39, 0.29) is 11.8 Å². The fourth-order valence-electron chi connectivity index (χ4n) is 2.15. The molecule has 3 aromatic heterocycles. The van der Waals surface area contributed by atoms with Gasteiger partial charge in [-0.05, 0) is 48.9 Å². The van der Waals surface area contributed by atoms with Gasteiger partial charge in [-0.3, -0.25) is 9.59 Å². The lowest BCUT2D eigenvalue weighted by molar-refractivity contribution is 0.0951. The molecule has 0 aromatic carbocycles. The van der Waals surface area contributed by atoms with Crippen LogP contribution < -0.4 is 10.9 Å². The third-order valence-electron chi connectivity index (χ3n) is 3.63. The largest absolute Gasteiger partial charge is 0.281 e. The van der Waals surface area contributed by atoms with Crippen LogP contribution in [0.15, 0.2) is 63.4 Å². The van der Waals surface area contributed by atoms with E-state index in [0.29, 0.717) is 32.6 Å². The number of hydrogen-bond acceptors (Lipinski definition) is 7. The number of hydrogen-bond donors (Lipinski definition) is 2. The highest BCUT2D eigenvalue weighted by atomic mass is 32.1. The second kappa shape index (κ2) is 9.16. The molecule has 0 saturated heterocycles. The first-order chi connectivity index (χ1) is 13.5. The van der Waals surface area contributed by atoms with Gasteiger partial charge in [0.15, 0.2) is 0 Å². The molecule has 3 heterocycles. The summed E-state index contributed by atoms with van der Waals surface area (Å²) in [6.45, 7) is 3.51. The first-order valence-electron chi connectivity index (χ1n) is 8.28. The second-order valence-corrected chi connectivity index (χ2v) is 7.53. The van der Waals surface area contributed by atoms with Crippen LogP contribution in [0.2, 0.25) is 0 Å². The maximum absolute atomic E-state index is 12.0. The molecule has 9 heteroatoms. The van der Waals surface area contributed by atoms with Crippen molar-refractivity contribution in [1.29, 1.82) is 0 Å². The molecule has 3 rings (SSSR count). The molecular weight excluding hydrogens is 394 g/mol. The Balaban J connectivity index is 1.68. The SMILES string of the molecule is C/C(=N\NC(=O)c1cccs1)c1cccc(/C(C)=N/NC(=O)c2cccs2)n1. The van der Waals surface area contributed by atoms with Crippen LogP contribution >= 0.6 is 22.7 Å². The number of nitrogens with one attached hydrogen (secondary N) is 2. The highest BCUT2D eigenvalue weighted by molar-refractivity contribution is 7.12. The van der Waals surface area contributed by atoms with Gasteiger partial charge in [-0.1, -0.05) is 18.2 Å². The van der Waals surface area contributed by atoms with Crippen molar-refractivity contribution in [3.05, 3.63) is 74.4 Å². The first kappa shape index (κ1) is 19.6. The number of carbonyl (C=O) groups is 2. The summed E-state index contributed by atoms with van der Waals surface area (Å²) in [7, 11) is 0. The molecule has 0 spiro atoms. The summed E-state index contributed by atoms with van der Waals surface area (Å²) in [6.07, 6.45) is 0. The van der Waals surface area contributed by atoms with Crippen LogP contribution in [-0.2, 0) is 0 Å². The van der Waals surface area contributed by atoms with E-state index in [1.165, 1.54) is 22.7 Å². The third-order valence-corrected chi connectivity index (χ3v) is 5.37. The van der Waals surface area contributed by atoms with Gasteiger partial charge in [0, 0.05) is 0 Å². The number of nitrogens with zero attached hydrogens (tertiary/aromatic N) is 3. The van der Waals surface area contributed by atoms with Gasteiger partial charge in [0.1, 0.15) is 0 Å². The van der Waals surface area contributed by atoms with Gasteiger partial charge < -0.3 is 0 Å². The molecule has 3 aromatic rings. The zero-order valence-corrected chi connectivity index (χ0v) is 16.8. The third kappa shape index (κ3) is 4.96. The quantitative estimate of drug-likeness (QED) is 0.480. The molecule has 0 atom stereocenters. The van der Waals surface area contributed by atoms with E-state index in [9.17, 15) is 9.59 Å². The van der Waals surface area contributed by atoms with E-state index in [0.717, 1.165) is 0 Å². The lowest BCUT2D eigenvalue weighted by Gasteiger charge is -2.05. The molecule has 0 unspecified atom stereocenters. The number of rotatable bonds is 6. The lowest BCUT2D eigenvalue weighted by atomic mass is 10.2. The van der Waals surface area contributed by atoms with Crippen LogP contribution in [0.5, 0.6) is 0 Å². The highest BCUT2D eigenvalue weighted by Crippen LogP contribution is 2.09. The Morgan fingerprint density at radius 2 is 1.25 bits per heavy atom. The molecule has 0 saturated carbocycles. The number of hydrazone groups is 2. The van der Waals surface area contributed by atoms with Crippen molar-refractivity contribution < 1.29 is 9.59 Å². The van der Waals surface area contributed by atoms with Gasteiger partial charge in [0.25, 0.3) is 11.8 Å².